The number of ether oxygens (including phenoxy) is 1. The van der Waals surface area contributed by atoms with Crippen LogP contribution in [0.5, 0.6) is 5.75 Å². The van der Waals surface area contributed by atoms with Crippen molar-refractivity contribution in [2.45, 2.75) is 12.3 Å². The van der Waals surface area contributed by atoms with Crippen LogP contribution in [0.25, 0.3) is 10.1 Å². The monoisotopic (exact) mass is 347 g/mol. The first-order chi connectivity index (χ1) is 11.5. The summed E-state index contributed by atoms with van der Waals surface area (Å²) in [6, 6.07) is 13.6. The fourth-order valence-electron chi connectivity index (χ4n) is 2.68. The van der Waals surface area contributed by atoms with Crippen molar-refractivity contribution in [3.8, 4) is 5.75 Å². The number of nitrogens with zero attached hydrogens (tertiary/aromatic N) is 1. The van der Waals surface area contributed by atoms with Crippen molar-refractivity contribution in [3.05, 3.63) is 65.3 Å². The number of rotatable bonds is 6. The summed E-state index contributed by atoms with van der Waals surface area (Å²) < 4.78 is 35.6. The number of benzene rings is 2. The second-order valence-electron chi connectivity index (χ2n) is 5.96. The zero-order chi connectivity index (χ0) is 17.1. The highest BCUT2D eigenvalue weighted by Crippen LogP contribution is 2.34. The van der Waals surface area contributed by atoms with Gasteiger partial charge in [0.1, 0.15) is 11.6 Å². The van der Waals surface area contributed by atoms with Crippen molar-refractivity contribution in [1.29, 1.82) is 0 Å². The molecular formula is C19H19F2NOS. The summed E-state index contributed by atoms with van der Waals surface area (Å²) in [5.41, 5.74) is 0.497. The zero-order valence-corrected chi connectivity index (χ0v) is 14.4. The van der Waals surface area contributed by atoms with Gasteiger partial charge in [0.05, 0.1) is 0 Å². The van der Waals surface area contributed by atoms with E-state index in [1.165, 1.54) is 12.1 Å². The molecule has 0 fully saturated rings. The van der Waals surface area contributed by atoms with Crippen LogP contribution in [0, 0.1) is 5.82 Å². The Morgan fingerprint density at radius 3 is 2.67 bits per heavy atom. The molecule has 0 N–H and O–H groups in total. The van der Waals surface area contributed by atoms with Crippen molar-refractivity contribution in [3.63, 3.8) is 0 Å². The van der Waals surface area contributed by atoms with E-state index in [4.69, 9.17) is 4.74 Å². The smallest absolute Gasteiger partial charge is 0.156 e. The van der Waals surface area contributed by atoms with Crippen LogP contribution in [-0.4, -0.2) is 31.7 Å². The van der Waals surface area contributed by atoms with E-state index in [1.54, 1.807) is 42.5 Å². The molecule has 0 saturated heterocycles. The molecule has 0 amide bonds. The Morgan fingerprint density at radius 2 is 1.92 bits per heavy atom. The molecule has 0 aliphatic heterocycles. The standard InChI is InChI=1S/C19H19F2NOS/c1-22(2)12-16(21)19(13-5-3-6-14(20)11-13)23-17-7-4-8-18-15(17)9-10-24-18/h3-11,16,19H,12H2,1-2H3. The van der Waals surface area contributed by atoms with E-state index in [9.17, 15) is 8.78 Å². The quantitative estimate of drug-likeness (QED) is 0.618. The molecule has 0 radical (unpaired) electrons. The molecule has 2 unspecified atom stereocenters. The Bertz CT molecular complexity index is 818. The predicted octanol–water partition coefficient (Wildman–Crippen LogP) is 5.06. The minimum atomic E-state index is -1.28. The van der Waals surface area contributed by atoms with Crippen LogP contribution < -0.4 is 4.74 Å². The Labute approximate surface area is 144 Å². The fourth-order valence-corrected chi connectivity index (χ4v) is 3.49. The minimum Gasteiger partial charge on any atom is -0.482 e. The van der Waals surface area contributed by atoms with E-state index < -0.39 is 18.1 Å². The highest BCUT2D eigenvalue weighted by atomic mass is 32.1. The number of hydrogen-bond donors (Lipinski definition) is 0. The topological polar surface area (TPSA) is 12.5 Å². The summed E-state index contributed by atoms with van der Waals surface area (Å²) in [6.45, 7) is 0.195. The van der Waals surface area contributed by atoms with Gasteiger partial charge in [0.2, 0.25) is 0 Å². The average Bonchev–Trinajstić information content (AvgIpc) is 3.01. The second kappa shape index (κ2) is 7.28. The second-order valence-corrected chi connectivity index (χ2v) is 6.91. The average molecular weight is 347 g/mol. The maximum Gasteiger partial charge on any atom is 0.156 e. The lowest BCUT2D eigenvalue weighted by Crippen LogP contribution is -2.30. The van der Waals surface area contributed by atoms with Crippen molar-refractivity contribution >= 4 is 21.4 Å². The molecule has 2 nitrogen and oxygen atoms in total. The lowest BCUT2D eigenvalue weighted by Gasteiger charge is -2.25. The van der Waals surface area contributed by atoms with Crippen LogP contribution in [0.4, 0.5) is 8.78 Å². The van der Waals surface area contributed by atoms with Gasteiger partial charge in [0.25, 0.3) is 0 Å². The van der Waals surface area contributed by atoms with Crippen molar-refractivity contribution in [2.75, 3.05) is 20.6 Å². The predicted molar refractivity (Wildman–Crippen MR) is 95.0 cm³/mol. The molecule has 3 rings (SSSR count). The minimum absolute atomic E-state index is 0.195. The molecule has 0 spiro atoms. The largest absolute Gasteiger partial charge is 0.482 e. The van der Waals surface area contributed by atoms with Crippen molar-refractivity contribution < 1.29 is 13.5 Å². The van der Waals surface area contributed by atoms with Crippen LogP contribution in [0.3, 0.4) is 0 Å². The van der Waals surface area contributed by atoms with Gasteiger partial charge in [-0.3, -0.25) is 0 Å². The third-order valence-corrected chi connectivity index (χ3v) is 4.64. The highest BCUT2D eigenvalue weighted by Gasteiger charge is 2.26. The summed E-state index contributed by atoms with van der Waals surface area (Å²) in [6.07, 6.45) is -2.15. The van der Waals surface area contributed by atoms with Crippen LogP contribution in [-0.2, 0) is 0 Å². The van der Waals surface area contributed by atoms with Crippen molar-refractivity contribution in [1.82, 2.24) is 4.90 Å². The maximum absolute atomic E-state index is 14.9. The lowest BCUT2D eigenvalue weighted by molar-refractivity contribution is 0.0817. The van der Waals surface area contributed by atoms with Gasteiger partial charge in [-0.05, 0) is 55.4 Å². The van der Waals surface area contributed by atoms with Gasteiger partial charge in [-0.25, -0.2) is 8.78 Å². The van der Waals surface area contributed by atoms with E-state index >= 15 is 0 Å². The Morgan fingerprint density at radius 1 is 1.12 bits per heavy atom. The number of thiophene rings is 1. The molecule has 3 aromatic rings. The van der Waals surface area contributed by atoms with E-state index in [-0.39, 0.29) is 6.54 Å². The Hall–Kier alpha value is -1.98. The van der Waals surface area contributed by atoms with Gasteiger partial charge >= 0.3 is 0 Å². The highest BCUT2D eigenvalue weighted by molar-refractivity contribution is 7.17. The summed E-state index contributed by atoms with van der Waals surface area (Å²) in [5.74, 6) is 0.219. The van der Waals surface area contributed by atoms with Gasteiger partial charge in [0, 0.05) is 16.6 Å². The molecular weight excluding hydrogens is 328 g/mol. The molecule has 1 heterocycles. The molecule has 2 atom stereocenters. The lowest BCUT2D eigenvalue weighted by atomic mass is 10.0. The fraction of sp³-hybridized carbons (Fsp3) is 0.263. The summed E-state index contributed by atoms with van der Waals surface area (Å²) in [5, 5.41) is 2.92. The molecule has 2 aromatic carbocycles. The van der Waals surface area contributed by atoms with Crippen LogP contribution in [0.15, 0.2) is 53.9 Å². The number of alkyl halides is 1. The summed E-state index contributed by atoms with van der Waals surface area (Å²) in [7, 11) is 3.60. The third kappa shape index (κ3) is 3.74. The number of fused-ring (bicyclic) bond motifs is 1. The third-order valence-electron chi connectivity index (χ3n) is 3.76. The van der Waals surface area contributed by atoms with Gasteiger partial charge < -0.3 is 9.64 Å². The van der Waals surface area contributed by atoms with E-state index in [0.717, 1.165) is 10.1 Å². The SMILES string of the molecule is CN(C)CC(F)C(Oc1cccc2sccc12)c1cccc(F)c1. The van der Waals surface area contributed by atoms with Gasteiger partial charge in [-0.1, -0.05) is 18.2 Å². The van der Waals surface area contributed by atoms with Crippen LogP contribution in [0.1, 0.15) is 11.7 Å². The molecule has 1 aromatic heterocycles. The molecule has 24 heavy (non-hydrogen) atoms. The van der Waals surface area contributed by atoms with Gasteiger partial charge in [-0.2, -0.15) is 0 Å². The number of halogens is 2. The molecule has 0 aliphatic rings. The summed E-state index contributed by atoms with van der Waals surface area (Å²) in [4.78, 5) is 1.76. The molecule has 0 saturated carbocycles. The van der Waals surface area contributed by atoms with Gasteiger partial charge in [-0.15, -0.1) is 11.3 Å². The molecule has 0 aliphatic carbocycles. The first-order valence-corrected chi connectivity index (χ1v) is 8.59. The van der Waals surface area contributed by atoms with E-state index in [2.05, 4.69) is 0 Å². The Kier molecular flexibility index (Phi) is 5.11. The zero-order valence-electron chi connectivity index (χ0n) is 13.6. The van der Waals surface area contributed by atoms with Crippen molar-refractivity contribution in [2.24, 2.45) is 0 Å². The Balaban J connectivity index is 1.96. The first-order valence-electron chi connectivity index (χ1n) is 7.72. The summed E-state index contributed by atoms with van der Waals surface area (Å²) >= 11 is 1.60. The van der Waals surface area contributed by atoms with Crippen LogP contribution in [0.2, 0.25) is 0 Å². The van der Waals surface area contributed by atoms with Crippen LogP contribution >= 0.6 is 11.3 Å². The maximum atomic E-state index is 14.9. The molecule has 5 heteroatoms. The number of hydrogen-bond acceptors (Lipinski definition) is 3. The van der Waals surface area contributed by atoms with E-state index in [1.807, 2.05) is 29.6 Å². The van der Waals surface area contributed by atoms with E-state index in [0.29, 0.717) is 11.3 Å². The van der Waals surface area contributed by atoms with Gasteiger partial charge in [0.15, 0.2) is 12.3 Å². The molecule has 0 bridgehead atoms. The normalized spacial score (nSPS) is 14.0. The molecule has 126 valence electrons. The first kappa shape index (κ1) is 16.9.